The Morgan fingerprint density at radius 2 is 1.79 bits per heavy atom. The van der Waals surface area contributed by atoms with E-state index in [4.69, 9.17) is 31.5 Å². The zero-order valence-electron chi connectivity index (χ0n) is 11.6. The molecule has 0 heterocycles. The van der Waals surface area contributed by atoms with Gasteiger partial charge in [-0.3, -0.25) is 0 Å². The van der Waals surface area contributed by atoms with E-state index in [1.165, 1.54) is 0 Å². The molecule has 5 heteroatoms. The molecule has 0 unspecified atom stereocenters. The summed E-state index contributed by atoms with van der Waals surface area (Å²) >= 11 is 6.51. The second-order valence-electron chi connectivity index (χ2n) is 4.84. The molecule has 0 aromatic heterocycles. The SMILES string of the molecule is COc1cc(OC)c(C2(CN)CCC2)c(Cl)c1OC. The Labute approximate surface area is 118 Å². The standard InChI is InChI=1S/C14H20ClNO3/c1-17-9-7-10(18-2)13(19-3)12(15)11(9)14(8-16)5-4-6-14/h7H,4-6,8,16H2,1-3H3. The molecule has 0 amide bonds. The molecule has 1 saturated carbocycles. The van der Waals surface area contributed by atoms with Crippen molar-refractivity contribution in [1.82, 2.24) is 0 Å². The Balaban J connectivity index is 2.64. The van der Waals surface area contributed by atoms with E-state index in [2.05, 4.69) is 0 Å². The van der Waals surface area contributed by atoms with Gasteiger partial charge in [-0.15, -0.1) is 0 Å². The Morgan fingerprint density at radius 1 is 1.16 bits per heavy atom. The van der Waals surface area contributed by atoms with E-state index in [-0.39, 0.29) is 5.41 Å². The van der Waals surface area contributed by atoms with E-state index < -0.39 is 0 Å². The van der Waals surface area contributed by atoms with Gasteiger partial charge in [0, 0.05) is 23.6 Å². The van der Waals surface area contributed by atoms with Crippen molar-refractivity contribution in [3.05, 3.63) is 16.7 Å². The van der Waals surface area contributed by atoms with Crippen LogP contribution in [0.5, 0.6) is 17.2 Å². The van der Waals surface area contributed by atoms with Crippen molar-refractivity contribution >= 4 is 11.6 Å². The van der Waals surface area contributed by atoms with Gasteiger partial charge in [0.25, 0.3) is 0 Å². The maximum atomic E-state index is 6.51. The Kier molecular flexibility index (Phi) is 4.11. The lowest BCUT2D eigenvalue weighted by Gasteiger charge is -2.42. The highest BCUT2D eigenvalue weighted by molar-refractivity contribution is 6.33. The van der Waals surface area contributed by atoms with E-state index in [0.717, 1.165) is 24.8 Å². The first-order chi connectivity index (χ1) is 9.13. The fourth-order valence-corrected chi connectivity index (χ4v) is 3.21. The van der Waals surface area contributed by atoms with Crippen molar-refractivity contribution in [3.8, 4) is 17.2 Å². The van der Waals surface area contributed by atoms with Gasteiger partial charge in [-0.2, -0.15) is 0 Å². The molecule has 19 heavy (non-hydrogen) atoms. The van der Waals surface area contributed by atoms with Crippen LogP contribution in [0.1, 0.15) is 24.8 Å². The van der Waals surface area contributed by atoms with Crippen LogP contribution in [0.2, 0.25) is 5.02 Å². The number of halogens is 1. The molecule has 1 aromatic rings. The van der Waals surface area contributed by atoms with Gasteiger partial charge in [-0.25, -0.2) is 0 Å². The summed E-state index contributed by atoms with van der Waals surface area (Å²) in [4.78, 5) is 0. The van der Waals surface area contributed by atoms with Crippen LogP contribution in [0.15, 0.2) is 6.07 Å². The van der Waals surface area contributed by atoms with Crippen molar-refractivity contribution in [2.24, 2.45) is 5.73 Å². The summed E-state index contributed by atoms with van der Waals surface area (Å²) in [5.74, 6) is 1.83. The number of benzene rings is 1. The molecule has 106 valence electrons. The highest BCUT2D eigenvalue weighted by Gasteiger charge is 2.42. The third-order valence-corrected chi connectivity index (χ3v) is 4.39. The smallest absolute Gasteiger partial charge is 0.179 e. The van der Waals surface area contributed by atoms with Gasteiger partial charge in [0.15, 0.2) is 11.5 Å². The van der Waals surface area contributed by atoms with Crippen LogP contribution in [-0.2, 0) is 5.41 Å². The number of nitrogens with two attached hydrogens (primary N) is 1. The number of ether oxygens (including phenoxy) is 3. The molecule has 1 aliphatic carbocycles. The third kappa shape index (κ3) is 2.13. The molecular weight excluding hydrogens is 266 g/mol. The lowest BCUT2D eigenvalue weighted by atomic mass is 9.64. The van der Waals surface area contributed by atoms with Crippen LogP contribution < -0.4 is 19.9 Å². The second-order valence-corrected chi connectivity index (χ2v) is 5.22. The first-order valence-corrected chi connectivity index (χ1v) is 6.70. The predicted molar refractivity (Wildman–Crippen MR) is 75.7 cm³/mol. The van der Waals surface area contributed by atoms with Crippen molar-refractivity contribution in [2.45, 2.75) is 24.7 Å². The second kappa shape index (κ2) is 5.47. The van der Waals surface area contributed by atoms with Crippen LogP contribution >= 0.6 is 11.6 Å². The molecule has 0 spiro atoms. The lowest BCUT2D eigenvalue weighted by molar-refractivity contribution is 0.241. The normalized spacial score (nSPS) is 16.7. The molecule has 0 saturated heterocycles. The summed E-state index contributed by atoms with van der Waals surface area (Å²) in [7, 11) is 4.79. The fraction of sp³-hybridized carbons (Fsp3) is 0.571. The Morgan fingerprint density at radius 3 is 2.16 bits per heavy atom. The van der Waals surface area contributed by atoms with Crippen molar-refractivity contribution in [1.29, 1.82) is 0 Å². The number of rotatable bonds is 5. The van der Waals surface area contributed by atoms with Gasteiger partial charge in [0.1, 0.15) is 5.75 Å². The van der Waals surface area contributed by atoms with E-state index in [1.807, 2.05) is 6.07 Å². The van der Waals surface area contributed by atoms with Crippen LogP contribution in [-0.4, -0.2) is 27.9 Å². The number of hydrogen-bond donors (Lipinski definition) is 1. The van der Waals surface area contributed by atoms with Gasteiger partial charge in [0.2, 0.25) is 0 Å². The molecule has 4 nitrogen and oxygen atoms in total. The zero-order chi connectivity index (χ0) is 14.0. The summed E-state index contributed by atoms with van der Waals surface area (Å²) in [6, 6.07) is 1.82. The first-order valence-electron chi connectivity index (χ1n) is 6.32. The minimum Gasteiger partial charge on any atom is -0.496 e. The summed E-state index contributed by atoms with van der Waals surface area (Å²) in [6.45, 7) is 0.554. The first kappa shape index (κ1) is 14.3. The van der Waals surface area contributed by atoms with Crippen molar-refractivity contribution in [3.63, 3.8) is 0 Å². The monoisotopic (exact) mass is 285 g/mol. The average molecular weight is 286 g/mol. The fourth-order valence-electron chi connectivity index (χ4n) is 2.74. The summed E-state index contributed by atoms with van der Waals surface area (Å²) < 4.78 is 16.1. The maximum absolute atomic E-state index is 6.51. The predicted octanol–water partition coefficient (Wildman–Crippen LogP) is 2.75. The molecule has 2 rings (SSSR count). The van der Waals surface area contributed by atoms with Crippen molar-refractivity contribution in [2.75, 3.05) is 27.9 Å². The molecule has 0 atom stereocenters. The minimum atomic E-state index is -0.0953. The zero-order valence-corrected chi connectivity index (χ0v) is 12.3. The molecule has 0 aliphatic heterocycles. The molecule has 0 bridgehead atoms. The molecular formula is C14H20ClNO3. The van der Waals surface area contributed by atoms with E-state index >= 15 is 0 Å². The Hall–Kier alpha value is -1.13. The minimum absolute atomic E-state index is 0.0953. The van der Waals surface area contributed by atoms with E-state index in [9.17, 15) is 0 Å². The molecule has 0 radical (unpaired) electrons. The van der Waals surface area contributed by atoms with E-state index in [0.29, 0.717) is 28.8 Å². The lowest BCUT2D eigenvalue weighted by Crippen LogP contribution is -2.42. The molecule has 1 aliphatic rings. The van der Waals surface area contributed by atoms with Crippen molar-refractivity contribution < 1.29 is 14.2 Å². The summed E-state index contributed by atoms with van der Waals surface area (Å²) in [6.07, 6.45) is 3.20. The third-order valence-electron chi connectivity index (χ3n) is 4.03. The van der Waals surface area contributed by atoms with Gasteiger partial charge in [0.05, 0.1) is 26.4 Å². The van der Waals surface area contributed by atoms with Crippen LogP contribution in [0.25, 0.3) is 0 Å². The van der Waals surface area contributed by atoms with Crippen LogP contribution in [0.4, 0.5) is 0 Å². The molecule has 1 fully saturated rings. The van der Waals surface area contributed by atoms with E-state index in [1.54, 1.807) is 21.3 Å². The average Bonchev–Trinajstić information content (AvgIpc) is 2.39. The largest absolute Gasteiger partial charge is 0.496 e. The van der Waals surface area contributed by atoms with Crippen LogP contribution in [0.3, 0.4) is 0 Å². The highest BCUT2D eigenvalue weighted by Crippen LogP contribution is 2.53. The summed E-state index contributed by atoms with van der Waals surface area (Å²) in [5.41, 5.74) is 6.82. The Bertz CT molecular complexity index is 467. The number of methoxy groups -OCH3 is 3. The maximum Gasteiger partial charge on any atom is 0.179 e. The molecule has 2 N–H and O–H groups in total. The quantitative estimate of drug-likeness (QED) is 0.904. The van der Waals surface area contributed by atoms with Gasteiger partial charge in [-0.05, 0) is 12.8 Å². The van der Waals surface area contributed by atoms with Gasteiger partial charge >= 0.3 is 0 Å². The molecule has 1 aromatic carbocycles. The highest BCUT2D eigenvalue weighted by atomic mass is 35.5. The van der Waals surface area contributed by atoms with Crippen LogP contribution in [0, 0.1) is 0 Å². The van der Waals surface area contributed by atoms with Gasteiger partial charge < -0.3 is 19.9 Å². The van der Waals surface area contributed by atoms with Gasteiger partial charge in [-0.1, -0.05) is 18.0 Å². The topological polar surface area (TPSA) is 53.7 Å². The summed E-state index contributed by atoms with van der Waals surface area (Å²) in [5, 5.41) is 0.545. The number of hydrogen-bond acceptors (Lipinski definition) is 4.